The number of rotatable bonds is 3. The van der Waals surface area contributed by atoms with Crippen molar-refractivity contribution in [3.05, 3.63) is 22.7 Å². The third kappa shape index (κ3) is 3.26. The maximum absolute atomic E-state index is 10.2. The van der Waals surface area contributed by atoms with Crippen LogP contribution in [0.5, 0.6) is 11.5 Å². The number of nitrogens with zero attached hydrogens (tertiary/aromatic N) is 1. The Morgan fingerprint density at radius 1 is 1.19 bits per heavy atom. The zero-order valence-electron chi connectivity index (χ0n) is 11.8. The summed E-state index contributed by atoms with van der Waals surface area (Å²) in [6.07, 6.45) is 2.07. The van der Waals surface area contributed by atoms with Crippen LogP contribution in [0.1, 0.15) is 24.8 Å². The van der Waals surface area contributed by atoms with Crippen molar-refractivity contribution in [2.24, 2.45) is 0 Å². The quantitative estimate of drug-likeness (QED) is 0.890. The maximum atomic E-state index is 10.2. The standard InChI is InChI=1S/C15H20ClNO4/c16-12-7-14-13(20-10-21-14)6-11(12)8-17-4-1-2-15(19,9-18)3-5-17/h6-7,18-19H,1-5,8-10H2/t15-/m0/s1. The zero-order chi connectivity index (χ0) is 14.9. The van der Waals surface area contributed by atoms with Crippen LogP contribution in [0.3, 0.4) is 0 Å². The van der Waals surface area contributed by atoms with Gasteiger partial charge in [-0.25, -0.2) is 0 Å². The van der Waals surface area contributed by atoms with E-state index in [-0.39, 0.29) is 13.4 Å². The zero-order valence-corrected chi connectivity index (χ0v) is 12.6. The van der Waals surface area contributed by atoms with Crippen molar-refractivity contribution in [3.8, 4) is 11.5 Å². The van der Waals surface area contributed by atoms with Crippen LogP contribution in [0.2, 0.25) is 5.02 Å². The molecule has 3 rings (SSSR count). The van der Waals surface area contributed by atoms with Gasteiger partial charge in [0.05, 0.1) is 12.2 Å². The van der Waals surface area contributed by atoms with Gasteiger partial charge in [0.2, 0.25) is 6.79 Å². The fourth-order valence-corrected chi connectivity index (χ4v) is 3.09. The number of aliphatic hydroxyl groups excluding tert-OH is 1. The number of benzene rings is 1. The molecule has 2 heterocycles. The molecule has 0 unspecified atom stereocenters. The number of halogens is 1. The molecule has 2 N–H and O–H groups in total. The largest absolute Gasteiger partial charge is 0.454 e. The molecule has 6 heteroatoms. The van der Waals surface area contributed by atoms with Crippen molar-refractivity contribution >= 4 is 11.6 Å². The average molecular weight is 314 g/mol. The van der Waals surface area contributed by atoms with Crippen LogP contribution in [0.25, 0.3) is 0 Å². The molecule has 0 aliphatic carbocycles. The maximum Gasteiger partial charge on any atom is 0.231 e. The van der Waals surface area contributed by atoms with Crippen molar-refractivity contribution in [1.29, 1.82) is 0 Å². The molecule has 116 valence electrons. The molecular formula is C15H20ClNO4. The van der Waals surface area contributed by atoms with E-state index in [1.165, 1.54) is 0 Å². The van der Waals surface area contributed by atoms with E-state index < -0.39 is 5.60 Å². The summed E-state index contributed by atoms with van der Waals surface area (Å²) in [5.41, 5.74) is 0.0586. The van der Waals surface area contributed by atoms with E-state index in [0.29, 0.717) is 30.2 Å². The predicted octanol–water partition coefficient (Wildman–Crippen LogP) is 1.78. The van der Waals surface area contributed by atoms with E-state index in [1.54, 1.807) is 6.07 Å². The first kappa shape index (κ1) is 14.9. The highest BCUT2D eigenvalue weighted by atomic mass is 35.5. The molecule has 1 aromatic rings. The Labute approximate surface area is 129 Å². The first-order valence-corrected chi connectivity index (χ1v) is 7.61. The minimum atomic E-state index is -0.937. The molecule has 0 bridgehead atoms. The molecule has 0 aromatic heterocycles. The minimum absolute atomic E-state index is 0.175. The van der Waals surface area contributed by atoms with Gasteiger partial charge in [-0.1, -0.05) is 11.6 Å². The lowest BCUT2D eigenvalue weighted by atomic mass is 9.96. The lowest BCUT2D eigenvalue weighted by Gasteiger charge is -2.24. The van der Waals surface area contributed by atoms with Gasteiger partial charge in [-0.2, -0.15) is 0 Å². The van der Waals surface area contributed by atoms with Crippen molar-refractivity contribution in [2.45, 2.75) is 31.4 Å². The Kier molecular flexibility index (Phi) is 4.26. The number of fused-ring (bicyclic) bond motifs is 1. The molecule has 21 heavy (non-hydrogen) atoms. The van der Waals surface area contributed by atoms with Gasteiger partial charge in [-0.05, 0) is 37.4 Å². The Morgan fingerprint density at radius 2 is 1.95 bits per heavy atom. The summed E-state index contributed by atoms with van der Waals surface area (Å²) < 4.78 is 10.7. The van der Waals surface area contributed by atoms with Crippen LogP contribution in [-0.4, -0.2) is 47.2 Å². The smallest absolute Gasteiger partial charge is 0.231 e. The van der Waals surface area contributed by atoms with Crippen molar-refractivity contribution in [2.75, 3.05) is 26.5 Å². The first-order valence-electron chi connectivity index (χ1n) is 7.23. The lowest BCUT2D eigenvalue weighted by Crippen LogP contribution is -2.34. The summed E-state index contributed by atoms with van der Waals surface area (Å²) in [6, 6.07) is 3.72. The van der Waals surface area contributed by atoms with Crippen molar-refractivity contribution in [1.82, 2.24) is 4.90 Å². The molecular weight excluding hydrogens is 294 g/mol. The Hall–Kier alpha value is -1.01. The molecule has 1 atom stereocenters. The predicted molar refractivity (Wildman–Crippen MR) is 78.7 cm³/mol. The molecule has 1 fully saturated rings. The molecule has 5 nitrogen and oxygen atoms in total. The molecule has 1 saturated heterocycles. The van der Waals surface area contributed by atoms with E-state index in [1.807, 2.05) is 6.07 Å². The van der Waals surface area contributed by atoms with Gasteiger partial charge in [-0.15, -0.1) is 0 Å². The summed E-state index contributed by atoms with van der Waals surface area (Å²) in [5, 5.41) is 20.1. The van der Waals surface area contributed by atoms with Crippen LogP contribution in [0, 0.1) is 0 Å². The van der Waals surface area contributed by atoms with Gasteiger partial charge in [-0.3, -0.25) is 4.90 Å². The molecule has 2 aliphatic heterocycles. The molecule has 0 spiro atoms. The minimum Gasteiger partial charge on any atom is -0.454 e. The van der Waals surface area contributed by atoms with Gasteiger partial charge in [0, 0.05) is 24.2 Å². The highest BCUT2D eigenvalue weighted by Crippen LogP contribution is 2.37. The van der Waals surface area contributed by atoms with Gasteiger partial charge in [0.15, 0.2) is 11.5 Å². The Bertz CT molecular complexity index is 525. The number of hydrogen-bond acceptors (Lipinski definition) is 5. The van der Waals surface area contributed by atoms with Gasteiger partial charge >= 0.3 is 0 Å². The van der Waals surface area contributed by atoms with Crippen LogP contribution < -0.4 is 9.47 Å². The second-order valence-electron chi connectivity index (χ2n) is 5.81. The third-order valence-electron chi connectivity index (χ3n) is 4.24. The lowest BCUT2D eigenvalue weighted by molar-refractivity contribution is -0.0255. The van der Waals surface area contributed by atoms with Crippen LogP contribution in [-0.2, 0) is 6.54 Å². The molecule has 0 amide bonds. The van der Waals surface area contributed by atoms with Crippen molar-refractivity contribution < 1.29 is 19.7 Å². The SMILES string of the molecule is OC[C@]1(O)CCCN(Cc2cc3c(cc2Cl)OCO3)CC1. The van der Waals surface area contributed by atoms with E-state index in [2.05, 4.69) is 4.90 Å². The topological polar surface area (TPSA) is 62.2 Å². The third-order valence-corrected chi connectivity index (χ3v) is 4.59. The van der Waals surface area contributed by atoms with E-state index >= 15 is 0 Å². The summed E-state index contributed by atoms with van der Waals surface area (Å²) in [6.45, 7) is 2.39. The fraction of sp³-hybridized carbons (Fsp3) is 0.600. The van der Waals surface area contributed by atoms with E-state index in [0.717, 1.165) is 30.8 Å². The van der Waals surface area contributed by atoms with Crippen LogP contribution in [0.4, 0.5) is 0 Å². The van der Waals surface area contributed by atoms with Crippen molar-refractivity contribution in [3.63, 3.8) is 0 Å². The summed E-state index contributed by atoms with van der Waals surface area (Å²) >= 11 is 6.30. The second-order valence-corrected chi connectivity index (χ2v) is 6.22. The average Bonchev–Trinajstić information content (AvgIpc) is 2.83. The van der Waals surface area contributed by atoms with E-state index in [9.17, 15) is 10.2 Å². The highest BCUT2D eigenvalue weighted by Gasteiger charge is 2.29. The summed E-state index contributed by atoms with van der Waals surface area (Å²) in [7, 11) is 0. The first-order chi connectivity index (χ1) is 10.1. The monoisotopic (exact) mass is 313 g/mol. The fourth-order valence-electron chi connectivity index (χ4n) is 2.87. The molecule has 1 aromatic carbocycles. The summed E-state index contributed by atoms with van der Waals surface area (Å²) in [4.78, 5) is 2.25. The van der Waals surface area contributed by atoms with Crippen LogP contribution >= 0.6 is 11.6 Å². The number of likely N-dealkylation sites (tertiary alicyclic amines) is 1. The second kappa shape index (κ2) is 6.01. The van der Waals surface area contributed by atoms with Gasteiger partial charge < -0.3 is 19.7 Å². The Morgan fingerprint density at radius 3 is 2.71 bits per heavy atom. The Balaban J connectivity index is 1.69. The molecule has 0 radical (unpaired) electrons. The summed E-state index contributed by atoms with van der Waals surface area (Å²) in [5.74, 6) is 1.42. The highest BCUT2D eigenvalue weighted by molar-refractivity contribution is 6.31. The van der Waals surface area contributed by atoms with Crippen LogP contribution in [0.15, 0.2) is 12.1 Å². The van der Waals surface area contributed by atoms with Gasteiger partial charge in [0.25, 0.3) is 0 Å². The molecule has 2 aliphatic rings. The number of ether oxygens (including phenoxy) is 2. The number of aliphatic hydroxyl groups is 2. The molecule has 0 saturated carbocycles. The number of hydrogen-bond donors (Lipinski definition) is 2. The normalized spacial score (nSPS) is 25.9. The van der Waals surface area contributed by atoms with Gasteiger partial charge in [0.1, 0.15) is 0 Å². The van der Waals surface area contributed by atoms with E-state index in [4.69, 9.17) is 21.1 Å².